The zero-order chi connectivity index (χ0) is 25.0. The van der Waals surface area contributed by atoms with Crippen molar-refractivity contribution in [3.63, 3.8) is 0 Å². The maximum absolute atomic E-state index is 13.0. The van der Waals surface area contributed by atoms with Crippen LogP contribution in [0.25, 0.3) is 0 Å². The van der Waals surface area contributed by atoms with Gasteiger partial charge in [0.25, 0.3) is 0 Å². The molecule has 2 heterocycles. The Labute approximate surface area is 197 Å². The minimum absolute atomic E-state index is 0.203. The third-order valence-corrected chi connectivity index (χ3v) is 4.93. The molecule has 3 aromatic rings. The van der Waals surface area contributed by atoms with Gasteiger partial charge in [-0.2, -0.15) is 18.3 Å². The Morgan fingerprint density at radius 3 is 2.46 bits per heavy atom. The molecule has 0 radical (unpaired) electrons. The van der Waals surface area contributed by atoms with E-state index >= 15 is 0 Å². The standard InChI is InChI=1S/C22H20F3N7O3/c1-33-16-8-14(9-17(34-2)19(16)35-3)28-20-26-11-27-21(30-20)29-18-10-15(31-32-18)12-5-4-6-13(7-12)22(23,24)25/h4-9,11H,10H2,1-3H3,(H2,26,27,28,29,30,32)/p+1. The number of H-pyrrole nitrogens is 1. The van der Waals surface area contributed by atoms with Crippen molar-refractivity contribution in [2.45, 2.75) is 12.6 Å². The molecule has 3 N–H and O–H groups in total. The lowest BCUT2D eigenvalue weighted by atomic mass is 10.0. The molecule has 1 aliphatic heterocycles. The lowest BCUT2D eigenvalue weighted by Gasteiger charge is -2.13. The largest absolute Gasteiger partial charge is 0.493 e. The van der Waals surface area contributed by atoms with Gasteiger partial charge in [0.15, 0.2) is 23.7 Å². The highest BCUT2D eigenvalue weighted by atomic mass is 19.4. The number of aliphatic imine (C=N–C) groups is 1. The van der Waals surface area contributed by atoms with Gasteiger partial charge in [0.05, 0.1) is 44.7 Å². The molecule has 182 valence electrons. The number of aromatic nitrogens is 3. The van der Waals surface area contributed by atoms with Gasteiger partial charge >= 0.3 is 18.1 Å². The smallest absolute Gasteiger partial charge is 0.416 e. The molecule has 0 bridgehead atoms. The van der Waals surface area contributed by atoms with Gasteiger partial charge in [0.2, 0.25) is 5.75 Å². The Bertz CT molecular complexity index is 1270. The number of nitrogens with zero attached hydrogens (tertiary/aromatic N) is 4. The summed E-state index contributed by atoms with van der Waals surface area (Å²) < 4.78 is 55.0. The summed E-state index contributed by atoms with van der Waals surface area (Å²) in [5.74, 6) is 2.19. The Morgan fingerprint density at radius 1 is 1.06 bits per heavy atom. The zero-order valence-corrected chi connectivity index (χ0v) is 18.9. The molecule has 1 aromatic heterocycles. The SMILES string of the molecule is COc1cc(Nc2nc[nH+]c(N=C3CC(c4cccc(C(F)(F)F)c4)=NN3)n2)cc(OC)c1OC. The summed E-state index contributed by atoms with van der Waals surface area (Å²) >= 11 is 0. The molecule has 0 saturated heterocycles. The van der Waals surface area contributed by atoms with Crippen LogP contribution >= 0.6 is 0 Å². The summed E-state index contributed by atoms with van der Waals surface area (Å²) in [5, 5.41) is 7.15. The number of rotatable bonds is 7. The van der Waals surface area contributed by atoms with Gasteiger partial charge in [-0.3, -0.25) is 5.43 Å². The molecule has 2 aromatic carbocycles. The maximum Gasteiger partial charge on any atom is 0.416 e. The predicted molar refractivity (Wildman–Crippen MR) is 121 cm³/mol. The molecule has 0 aliphatic carbocycles. The Hall–Kier alpha value is -4.42. The van der Waals surface area contributed by atoms with Crippen molar-refractivity contribution in [2.75, 3.05) is 26.6 Å². The lowest BCUT2D eigenvalue weighted by Crippen LogP contribution is -2.15. The number of hydrazone groups is 1. The van der Waals surface area contributed by atoms with Crippen LogP contribution in [0.1, 0.15) is 17.5 Å². The predicted octanol–water partition coefficient (Wildman–Crippen LogP) is 3.51. The molecule has 0 fully saturated rings. The van der Waals surface area contributed by atoms with Crippen molar-refractivity contribution in [1.82, 2.24) is 15.4 Å². The first-order valence-electron chi connectivity index (χ1n) is 10.2. The third kappa shape index (κ3) is 5.39. The van der Waals surface area contributed by atoms with Gasteiger partial charge in [0, 0.05) is 12.1 Å². The summed E-state index contributed by atoms with van der Waals surface area (Å²) in [4.78, 5) is 15.6. The molecule has 13 heteroatoms. The average molecular weight is 488 g/mol. The number of anilines is 2. The monoisotopic (exact) mass is 488 g/mol. The molecule has 35 heavy (non-hydrogen) atoms. The van der Waals surface area contributed by atoms with Crippen molar-refractivity contribution in [1.29, 1.82) is 0 Å². The van der Waals surface area contributed by atoms with Crippen LogP contribution in [0.5, 0.6) is 17.2 Å². The second-order valence-corrected chi connectivity index (χ2v) is 7.18. The quantitative estimate of drug-likeness (QED) is 0.523. The second-order valence-electron chi connectivity index (χ2n) is 7.18. The number of alkyl halides is 3. The number of halogens is 3. The molecular weight excluding hydrogens is 467 g/mol. The van der Waals surface area contributed by atoms with Gasteiger partial charge in [-0.25, -0.2) is 4.98 Å². The molecular formula is C22H21F3N7O3+. The van der Waals surface area contributed by atoms with Crippen LogP contribution in [0.3, 0.4) is 0 Å². The highest BCUT2D eigenvalue weighted by Gasteiger charge is 2.31. The van der Waals surface area contributed by atoms with E-state index in [1.54, 1.807) is 18.2 Å². The van der Waals surface area contributed by atoms with E-state index in [1.165, 1.54) is 33.7 Å². The summed E-state index contributed by atoms with van der Waals surface area (Å²) in [6, 6.07) is 8.37. The minimum Gasteiger partial charge on any atom is -0.493 e. The lowest BCUT2D eigenvalue weighted by molar-refractivity contribution is -0.371. The van der Waals surface area contributed by atoms with Crippen LogP contribution in [0.15, 0.2) is 52.8 Å². The fourth-order valence-electron chi connectivity index (χ4n) is 3.32. The van der Waals surface area contributed by atoms with Gasteiger partial charge < -0.3 is 19.5 Å². The first kappa shape index (κ1) is 23.7. The summed E-state index contributed by atoms with van der Waals surface area (Å²) in [6.07, 6.45) is -2.83. The highest BCUT2D eigenvalue weighted by molar-refractivity contribution is 6.15. The number of ether oxygens (including phenoxy) is 3. The summed E-state index contributed by atoms with van der Waals surface area (Å²) in [7, 11) is 4.52. The first-order valence-corrected chi connectivity index (χ1v) is 10.2. The van der Waals surface area contributed by atoms with Crippen molar-refractivity contribution < 1.29 is 32.4 Å². The van der Waals surface area contributed by atoms with Gasteiger partial charge in [-0.15, -0.1) is 0 Å². The van der Waals surface area contributed by atoms with E-state index in [2.05, 4.69) is 35.8 Å². The highest BCUT2D eigenvalue weighted by Crippen LogP contribution is 2.40. The van der Waals surface area contributed by atoms with Crippen LogP contribution in [-0.2, 0) is 6.18 Å². The van der Waals surface area contributed by atoms with Crippen molar-refractivity contribution in [3.05, 3.63) is 53.9 Å². The van der Waals surface area contributed by atoms with E-state index in [4.69, 9.17) is 14.2 Å². The molecule has 0 amide bonds. The average Bonchev–Trinajstić information content (AvgIpc) is 3.31. The number of hydrogen-bond donors (Lipinski definition) is 2. The Morgan fingerprint density at radius 2 is 1.80 bits per heavy atom. The topological polar surface area (TPSA) is 116 Å². The summed E-state index contributed by atoms with van der Waals surface area (Å²) in [5.41, 5.74) is 3.36. The van der Waals surface area contributed by atoms with Gasteiger partial charge in [-0.1, -0.05) is 27.1 Å². The summed E-state index contributed by atoms with van der Waals surface area (Å²) in [6.45, 7) is 0. The van der Waals surface area contributed by atoms with E-state index in [9.17, 15) is 13.2 Å². The molecule has 4 rings (SSSR count). The van der Waals surface area contributed by atoms with E-state index < -0.39 is 11.7 Å². The zero-order valence-electron chi connectivity index (χ0n) is 18.9. The molecule has 10 nitrogen and oxygen atoms in total. The van der Waals surface area contributed by atoms with Crippen LogP contribution in [0, 0.1) is 0 Å². The first-order chi connectivity index (χ1) is 16.8. The number of benzene rings is 2. The molecule has 0 saturated carbocycles. The van der Waals surface area contributed by atoms with Crippen LogP contribution in [0.2, 0.25) is 0 Å². The number of methoxy groups -OCH3 is 3. The number of amidine groups is 1. The second kappa shape index (κ2) is 9.83. The number of hydrogen-bond acceptors (Lipinski definition) is 8. The van der Waals surface area contributed by atoms with Crippen molar-refractivity contribution in [2.24, 2.45) is 10.1 Å². The fraction of sp³-hybridized carbons (Fsp3) is 0.227. The fourth-order valence-corrected chi connectivity index (χ4v) is 3.32. The third-order valence-electron chi connectivity index (χ3n) is 4.93. The minimum atomic E-state index is -4.43. The van der Waals surface area contributed by atoms with Crippen LogP contribution in [-0.4, -0.2) is 42.8 Å². The normalized spacial score (nSPS) is 14.3. The van der Waals surface area contributed by atoms with Gasteiger partial charge in [-0.05, 0) is 17.7 Å². The number of nitrogens with one attached hydrogen (secondary N) is 3. The maximum atomic E-state index is 13.0. The molecule has 0 atom stereocenters. The van der Waals surface area contributed by atoms with E-state index in [0.717, 1.165) is 12.1 Å². The van der Waals surface area contributed by atoms with E-state index in [0.29, 0.717) is 40.0 Å². The Balaban J connectivity index is 1.51. The van der Waals surface area contributed by atoms with Crippen molar-refractivity contribution >= 4 is 29.1 Å². The molecule has 0 unspecified atom stereocenters. The van der Waals surface area contributed by atoms with Gasteiger partial charge in [0.1, 0.15) is 0 Å². The van der Waals surface area contributed by atoms with Crippen LogP contribution in [0.4, 0.5) is 30.8 Å². The number of aromatic amines is 1. The van der Waals surface area contributed by atoms with Crippen molar-refractivity contribution in [3.8, 4) is 17.2 Å². The van der Waals surface area contributed by atoms with Crippen LogP contribution < -0.4 is 29.9 Å². The van der Waals surface area contributed by atoms with E-state index in [1.807, 2.05) is 0 Å². The van der Waals surface area contributed by atoms with E-state index in [-0.39, 0.29) is 18.3 Å². The molecule has 1 aliphatic rings. The Kier molecular flexibility index (Phi) is 6.66. The molecule has 0 spiro atoms.